The largest absolute Gasteiger partial charge is 0.480 e. The molecule has 1 atom stereocenters. The Hall–Kier alpha value is -0.610. The highest BCUT2D eigenvalue weighted by atomic mass is 16.5. The highest BCUT2D eigenvalue weighted by Crippen LogP contribution is 2.41. The van der Waals surface area contributed by atoms with Crippen molar-refractivity contribution < 1.29 is 14.6 Å². The third kappa shape index (κ3) is 3.04. The third-order valence-electron chi connectivity index (χ3n) is 4.05. The maximum atomic E-state index is 11.7. The van der Waals surface area contributed by atoms with E-state index in [1.54, 1.807) is 0 Å². The molecular weight excluding hydrogens is 230 g/mol. The average molecular weight is 255 g/mol. The molecule has 0 radical (unpaired) electrons. The van der Waals surface area contributed by atoms with E-state index in [9.17, 15) is 9.90 Å². The van der Waals surface area contributed by atoms with Gasteiger partial charge in [-0.15, -0.1) is 0 Å². The van der Waals surface area contributed by atoms with E-state index in [1.807, 2.05) is 13.8 Å². The van der Waals surface area contributed by atoms with E-state index in [4.69, 9.17) is 4.74 Å². The maximum absolute atomic E-state index is 11.7. The van der Waals surface area contributed by atoms with E-state index < -0.39 is 11.5 Å². The molecule has 2 N–H and O–H groups in total. The molecule has 2 saturated carbocycles. The SMILES string of the molecule is CC(C)NC(COC1CCCC1)(C(=O)O)C1CC1. The van der Waals surface area contributed by atoms with Gasteiger partial charge in [0.1, 0.15) is 5.54 Å². The van der Waals surface area contributed by atoms with Gasteiger partial charge in [0.15, 0.2) is 0 Å². The summed E-state index contributed by atoms with van der Waals surface area (Å²) >= 11 is 0. The van der Waals surface area contributed by atoms with Crippen molar-refractivity contribution >= 4 is 5.97 Å². The summed E-state index contributed by atoms with van der Waals surface area (Å²) in [5.74, 6) is -0.518. The van der Waals surface area contributed by atoms with Crippen LogP contribution in [0.5, 0.6) is 0 Å². The zero-order valence-electron chi connectivity index (χ0n) is 11.4. The predicted molar refractivity (Wildman–Crippen MR) is 69.6 cm³/mol. The Labute approximate surface area is 109 Å². The second-order valence-electron chi connectivity index (χ2n) is 6.07. The first-order valence-corrected chi connectivity index (χ1v) is 7.17. The summed E-state index contributed by atoms with van der Waals surface area (Å²) in [5.41, 5.74) is -0.864. The minimum absolute atomic E-state index is 0.161. The fourth-order valence-electron chi connectivity index (χ4n) is 2.97. The number of nitrogens with one attached hydrogen (secondary N) is 1. The molecule has 4 nitrogen and oxygen atoms in total. The lowest BCUT2D eigenvalue weighted by Gasteiger charge is -2.33. The molecule has 0 aromatic rings. The van der Waals surface area contributed by atoms with Crippen molar-refractivity contribution in [2.45, 2.75) is 70.1 Å². The fraction of sp³-hybridized carbons (Fsp3) is 0.929. The van der Waals surface area contributed by atoms with Crippen molar-refractivity contribution in [3.8, 4) is 0 Å². The van der Waals surface area contributed by atoms with Crippen molar-refractivity contribution in [1.29, 1.82) is 0 Å². The molecule has 2 aliphatic carbocycles. The molecule has 104 valence electrons. The van der Waals surface area contributed by atoms with Crippen LogP contribution in [0.15, 0.2) is 0 Å². The molecule has 0 aromatic carbocycles. The van der Waals surface area contributed by atoms with E-state index in [0.717, 1.165) is 25.7 Å². The Morgan fingerprint density at radius 1 is 1.33 bits per heavy atom. The lowest BCUT2D eigenvalue weighted by atomic mass is 9.93. The first-order valence-electron chi connectivity index (χ1n) is 7.17. The molecule has 0 aliphatic heterocycles. The van der Waals surface area contributed by atoms with Gasteiger partial charge < -0.3 is 9.84 Å². The van der Waals surface area contributed by atoms with E-state index >= 15 is 0 Å². The number of carboxylic acids is 1. The van der Waals surface area contributed by atoms with Gasteiger partial charge in [-0.1, -0.05) is 12.8 Å². The number of ether oxygens (including phenoxy) is 1. The van der Waals surface area contributed by atoms with Gasteiger partial charge in [-0.25, -0.2) is 0 Å². The van der Waals surface area contributed by atoms with Crippen molar-refractivity contribution in [2.24, 2.45) is 5.92 Å². The van der Waals surface area contributed by atoms with Gasteiger partial charge in [0.25, 0.3) is 0 Å². The number of hydrogen-bond acceptors (Lipinski definition) is 3. The van der Waals surface area contributed by atoms with Gasteiger partial charge >= 0.3 is 5.97 Å². The minimum Gasteiger partial charge on any atom is -0.480 e. The molecule has 0 saturated heterocycles. The molecular formula is C14H25NO3. The Kier molecular flexibility index (Phi) is 4.28. The summed E-state index contributed by atoms with van der Waals surface area (Å²) in [4.78, 5) is 11.7. The van der Waals surface area contributed by atoms with Gasteiger partial charge in [-0.2, -0.15) is 0 Å². The summed E-state index contributed by atoms with van der Waals surface area (Å²) in [6.45, 7) is 4.31. The van der Waals surface area contributed by atoms with Crippen LogP contribution in [0.2, 0.25) is 0 Å². The normalized spacial score (nSPS) is 24.4. The Morgan fingerprint density at radius 3 is 2.39 bits per heavy atom. The molecule has 2 aliphatic rings. The monoisotopic (exact) mass is 255 g/mol. The quantitative estimate of drug-likeness (QED) is 0.732. The zero-order chi connectivity index (χ0) is 13.2. The van der Waals surface area contributed by atoms with Crippen LogP contribution in [-0.4, -0.2) is 35.4 Å². The standard InChI is InChI=1S/C14H25NO3/c1-10(2)15-14(13(16)17,11-7-8-11)9-18-12-5-3-4-6-12/h10-12,15H,3-9H2,1-2H3,(H,16,17). The van der Waals surface area contributed by atoms with Gasteiger partial charge in [0, 0.05) is 6.04 Å². The second-order valence-corrected chi connectivity index (χ2v) is 6.07. The third-order valence-corrected chi connectivity index (χ3v) is 4.05. The molecule has 1 unspecified atom stereocenters. The van der Waals surface area contributed by atoms with E-state index in [0.29, 0.717) is 6.61 Å². The van der Waals surface area contributed by atoms with Crippen molar-refractivity contribution in [2.75, 3.05) is 6.61 Å². The van der Waals surface area contributed by atoms with Crippen LogP contribution < -0.4 is 5.32 Å². The average Bonchev–Trinajstić information content (AvgIpc) is 3.01. The summed E-state index contributed by atoms with van der Waals surface area (Å²) in [7, 11) is 0. The van der Waals surface area contributed by atoms with Crippen LogP contribution in [0.25, 0.3) is 0 Å². The number of carbonyl (C=O) groups is 1. The molecule has 0 amide bonds. The topological polar surface area (TPSA) is 58.6 Å². The Bertz CT molecular complexity index is 295. The van der Waals surface area contributed by atoms with Crippen LogP contribution in [0, 0.1) is 5.92 Å². The molecule has 0 heterocycles. The number of rotatable bonds is 7. The van der Waals surface area contributed by atoms with Crippen LogP contribution in [-0.2, 0) is 9.53 Å². The highest BCUT2D eigenvalue weighted by molar-refractivity contribution is 5.80. The van der Waals surface area contributed by atoms with Crippen molar-refractivity contribution in [1.82, 2.24) is 5.32 Å². The molecule has 4 heteroatoms. The van der Waals surface area contributed by atoms with Crippen molar-refractivity contribution in [3.05, 3.63) is 0 Å². The molecule has 0 aromatic heterocycles. The molecule has 0 bridgehead atoms. The lowest BCUT2D eigenvalue weighted by molar-refractivity contribution is -0.151. The lowest BCUT2D eigenvalue weighted by Crippen LogP contribution is -2.60. The van der Waals surface area contributed by atoms with Crippen LogP contribution in [0.3, 0.4) is 0 Å². The first kappa shape index (κ1) is 13.8. The van der Waals surface area contributed by atoms with Crippen molar-refractivity contribution in [3.63, 3.8) is 0 Å². The van der Waals surface area contributed by atoms with Gasteiger partial charge in [0.05, 0.1) is 12.7 Å². The van der Waals surface area contributed by atoms with Gasteiger partial charge in [-0.05, 0) is 45.4 Å². The van der Waals surface area contributed by atoms with Gasteiger partial charge in [0.2, 0.25) is 0 Å². The maximum Gasteiger partial charge on any atom is 0.326 e. The van der Waals surface area contributed by atoms with E-state index in [2.05, 4.69) is 5.32 Å². The molecule has 2 rings (SSSR count). The smallest absolute Gasteiger partial charge is 0.326 e. The predicted octanol–water partition coefficient (Wildman–Crippen LogP) is 2.18. The Balaban J connectivity index is 1.99. The summed E-state index contributed by atoms with van der Waals surface area (Å²) in [5, 5.41) is 12.9. The summed E-state index contributed by atoms with van der Waals surface area (Å²) in [6.07, 6.45) is 6.87. The zero-order valence-corrected chi connectivity index (χ0v) is 11.4. The fourth-order valence-corrected chi connectivity index (χ4v) is 2.97. The Morgan fingerprint density at radius 2 is 1.94 bits per heavy atom. The second kappa shape index (κ2) is 5.57. The molecule has 2 fully saturated rings. The van der Waals surface area contributed by atoms with Crippen LogP contribution in [0.1, 0.15) is 52.4 Å². The highest BCUT2D eigenvalue weighted by Gasteiger charge is 2.52. The van der Waals surface area contributed by atoms with Gasteiger partial charge in [-0.3, -0.25) is 10.1 Å². The van der Waals surface area contributed by atoms with Crippen LogP contribution >= 0.6 is 0 Å². The molecule has 0 spiro atoms. The van der Waals surface area contributed by atoms with E-state index in [1.165, 1.54) is 12.8 Å². The minimum atomic E-state index is -0.864. The van der Waals surface area contributed by atoms with Crippen LogP contribution in [0.4, 0.5) is 0 Å². The summed E-state index contributed by atoms with van der Waals surface area (Å²) < 4.78 is 5.89. The van der Waals surface area contributed by atoms with E-state index in [-0.39, 0.29) is 18.1 Å². The number of carboxylic acid groups (broad SMARTS) is 1. The number of hydrogen-bond donors (Lipinski definition) is 2. The summed E-state index contributed by atoms with van der Waals surface area (Å²) in [6, 6.07) is 0.161. The number of aliphatic carboxylic acids is 1. The molecule has 18 heavy (non-hydrogen) atoms. The first-order chi connectivity index (χ1) is 8.54.